The molecular formula is C30H37IN2O8. The highest BCUT2D eigenvalue weighted by Gasteiger charge is 2.41. The summed E-state index contributed by atoms with van der Waals surface area (Å²) < 4.78 is 12.4. The SMILES string of the molecule is COc1cc(CO)cc(I)c1OC1C=C(C(=O)NCCO)CC(N(Cc2ccccc2)C(=O)CCCC(C)=O)C1O. The van der Waals surface area contributed by atoms with E-state index in [1.807, 2.05) is 52.9 Å². The summed E-state index contributed by atoms with van der Waals surface area (Å²) in [5.41, 5.74) is 1.76. The lowest BCUT2D eigenvalue weighted by Crippen LogP contribution is -2.54. The smallest absolute Gasteiger partial charge is 0.247 e. The van der Waals surface area contributed by atoms with Crippen LogP contribution in [-0.2, 0) is 27.5 Å². The van der Waals surface area contributed by atoms with E-state index in [0.717, 1.165) is 5.56 Å². The maximum Gasteiger partial charge on any atom is 0.247 e. The van der Waals surface area contributed by atoms with E-state index < -0.39 is 24.2 Å². The molecule has 0 radical (unpaired) electrons. The van der Waals surface area contributed by atoms with Gasteiger partial charge in [0.15, 0.2) is 11.5 Å². The van der Waals surface area contributed by atoms with Crippen LogP contribution in [0, 0.1) is 3.57 Å². The largest absolute Gasteiger partial charge is 0.493 e. The number of nitrogens with zero attached hydrogens (tertiary/aromatic N) is 1. The van der Waals surface area contributed by atoms with E-state index in [4.69, 9.17) is 9.47 Å². The van der Waals surface area contributed by atoms with Gasteiger partial charge in [0, 0.05) is 37.9 Å². The number of carbonyl (C=O) groups excluding carboxylic acids is 3. The zero-order valence-corrected chi connectivity index (χ0v) is 25.4. The van der Waals surface area contributed by atoms with Crippen molar-refractivity contribution >= 4 is 40.2 Å². The van der Waals surface area contributed by atoms with Gasteiger partial charge >= 0.3 is 0 Å². The summed E-state index contributed by atoms with van der Waals surface area (Å²) in [5.74, 6) is -0.0415. The zero-order valence-electron chi connectivity index (χ0n) is 23.2. The van der Waals surface area contributed by atoms with Crippen LogP contribution >= 0.6 is 22.6 Å². The second-order valence-electron chi connectivity index (χ2n) is 9.85. The third kappa shape index (κ3) is 8.99. The topological polar surface area (TPSA) is 146 Å². The predicted molar refractivity (Wildman–Crippen MR) is 160 cm³/mol. The van der Waals surface area contributed by atoms with E-state index in [1.165, 1.54) is 20.1 Å². The average molecular weight is 681 g/mol. The van der Waals surface area contributed by atoms with E-state index in [2.05, 4.69) is 5.32 Å². The van der Waals surface area contributed by atoms with Crippen LogP contribution in [0.25, 0.3) is 0 Å². The number of benzene rings is 2. The van der Waals surface area contributed by atoms with Crippen molar-refractivity contribution in [2.75, 3.05) is 20.3 Å². The Morgan fingerprint density at radius 1 is 1.10 bits per heavy atom. The first-order chi connectivity index (χ1) is 19.7. The van der Waals surface area contributed by atoms with Crippen LogP contribution in [0.2, 0.25) is 0 Å². The van der Waals surface area contributed by atoms with Crippen LogP contribution in [0.3, 0.4) is 0 Å². The van der Waals surface area contributed by atoms with Gasteiger partial charge in [0.2, 0.25) is 11.8 Å². The minimum absolute atomic E-state index is 0.0138. The number of carbonyl (C=O) groups is 3. The summed E-state index contributed by atoms with van der Waals surface area (Å²) in [5, 5.41) is 33.1. The molecule has 0 saturated carbocycles. The number of hydrogen-bond acceptors (Lipinski definition) is 8. The van der Waals surface area contributed by atoms with Crippen LogP contribution in [0.4, 0.5) is 0 Å². The minimum Gasteiger partial charge on any atom is -0.493 e. The maximum atomic E-state index is 13.6. The number of ketones is 1. The van der Waals surface area contributed by atoms with Crippen molar-refractivity contribution in [2.45, 2.75) is 64.0 Å². The van der Waals surface area contributed by atoms with Crippen LogP contribution < -0.4 is 14.8 Å². The Labute approximate surface area is 253 Å². The molecule has 3 atom stereocenters. The van der Waals surface area contributed by atoms with Gasteiger partial charge in [-0.1, -0.05) is 30.3 Å². The van der Waals surface area contributed by atoms with Crippen LogP contribution in [0.5, 0.6) is 11.5 Å². The first-order valence-corrected chi connectivity index (χ1v) is 14.5. The number of aliphatic hydroxyl groups excluding tert-OH is 3. The van der Waals surface area contributed by atoms with Gasteiger partial charge in [-0.2, -0.15) is 0 Å². The normalized spacial score (nSPS) is 18.3. The van der Waals surface area contributed by atoms with E-state index in [0.29, 0.717) is 32.6 Å². The lowest BCUT2D eigenvalue weighted by Gasteiger charge is -2.41. The van der Waals surface area contributed by atoms with Crippen molar-refractivity contribution in [3.8, 4) is 11.5 Å². The third-order valence-electron chi connectivity index (χ3n) is 6.78. The van der Waals surface area contributed by atoms with Gasteiger partial charge < -0.3 is 39.8 Å². The quantitative estimate of drug-likeness (QED) is 0.223. The highest BCUT2D eigenvalue weighted by atomic mass is 127. The van der Waals surface area contributed by atoms with Crippen LogP contribution in [-0.4, -0.2) is 76.3 Å². The summed E-state index contributed by atoms with van der Waals surface area (Å²) in [6.07, 6.45) is 0.0727. The Morgan fingerprint density at radius 3 is 2.46 bits per heavy atom. The number of Topliss-reactive ketones (excluding diaryl/α,β-unsaturated/α-hetero) is 1. The van der Waals surface area contributed by atoms with Gasteiger partial charge in [-0.3, -0.25) is 9.59 Å². The van der Waals surface area contributed by atoms with Gasteiger partial charge in [0.1, 0.15) is 18.0 Å². The Morgan fingerprint density at radius 2 is 1.83 bits per heavy atom. The van der Waals surface area contributed by atoms with Gasteiger partial charge in [-0.15, -0.1) is 0 Å². The fourth-order valence-electron chi connectivity index (χ4n) is 4.70. The molecule has 3 unspecified atom stereocenters. The molecule has 2 aromatic carbocycles. The summed E-state index contributed by atoms with van der Waals surface area (Å²) >= 11 is 2.05. The fourth-order valence-corrected chi connectivity index (χ4v) is 5.49. The van der Waals surface area contributed by atoms with Gasteiger partial charge in [0.25, 0.3) is 0 Å². The fraction of sp³-hybridized carbons (Fsp3) is 0.433. The highest BCUT2D eigenvalue weighted by Crippen LogP contribution is 2.37. The molecule has 0 saturated heterocycles. The summed E-state index contributed by atoms with van der Waals surface area (Å²) in [6.45, 7) is 1.26. The molecule has 11 heteroatoms. The molecule has 2 aromatic rings. The molecule has 0 aromatic heterocycles. The Balaban J connectivity index is 2.01. The number of amides is 2. The van der Waals surface area contributed by atoms with E-state index in [1.54, 1.807) is 17.0 Å². The molecule has 3 rings (SSSR count). The van der Waals surface area contributed by atoms with Crippen molar-refractivity contribution in [2.24, 2.45) is 0 Å². The standard InChI is InChI=1S/C30H37IN2O8/c1-19(36)7-6-10-27(37)33(17-20-8-4-3-5-9-20)24-15-22(30(39)32-11-12-34)16-25(28(24)38)41-29-23(31)13-21(18-35)14-26(29)40-2/h3-5,8-9,13-14,16,24-25,28,34-35,38H,6-7,10-12,15,17-18H2,1-2H3,(H,32,39). The molecule has 0 heterocycles. The van der Waals surface area contributed by atoms with Crippen LogP contribution in [0.1, 0.15) is 43.7 Å². The zero-order chi connectivity index (χ0) is 29.9. The van der Waals surface area contributed by atoms with E-state index in [-0.39, 0.29) is 57.3 Å². The summed E-state index contributed by atoms with van der Waals surface area (Å²) in [4.78, 5) is 39.7. The third-order valence-corrected chi connectivity index (χ3v) is 7.58. The molecule has 0 aliphatic heterocycles. The molecule has 41 heavy (non-hydrogen) atoms. The lowest BCUT2D eigenvalue weighted by atomic mass is 9.87. The van der Waals surface area contributed by atoms with Crippen molar-refractivity contribution in [3.05, 3.63) is 68.8 Å². The van der Waals surface area contributed by atoms with Gasteiger partial charge in [-0.25, -0.2) is 0 Å². The predicted octanol–water partition coefficient (Wildman–Crippen LogP) is 2.50. The second-order valence-corrected chi connectivity index (χ2v) is 11.0. The number of halogens is 1. The summed E-state index contributed by atoms with van der Waals surface area (Å²) in [6, 6.07) is 11.9. The lowest BCUT2D eigenvalue weighted by molar-refractivity contribution is -0.139. The molecule has 1 aliphatic carbocycles. The summed E-state index contributed by atoms with van der Waals surface area (Å²) in [7, 11) is 1.46. The monoisotopic (exact) mass is 680 g/mol. The van der Waals surface area contributed by atoms with Crippen molar-refractivity contribution in [1.29, 1.82) is 0 Å². The molecule has 0 spiro atoms. The van der Waals surface area contributed by atoms with Crippen LogP contribution in [0.15, 0.2) is 54.1 Å². The molecule has 2 amide bonds. The van der Waals surface area contributed by atoms with Gasteiger partial charge in [0.05, 0.1) is 29.9 Å². The molecule has 222 valence electrons. The van der Waals surface area contributed by atoms with Crippen molar-refractivity contribution < 1.29 is 39.2 Å². The Hall–Kier alpha value is -3.00. The number of hydrogen-bond donors (Lipinski definition) is 4. The molecule has 10 nitrogen and oxygen atoms in total. The average Bonchev–Trinajstić information content (AvgIpc) is 2.96. The molecule has 1 aliphatic rings. The Kier molecular flexibility index (Phi) is 12.6. The highest BCUT2D eigenvalue weighted by molar-refractivity contribution is 14.1. The second kappa shape index (κ2) is 15.9. The number of ether oxygens (including phenoxy) is 2. The maximum absolute atomic E-state index is 13.6. The Bertz CT molecular complexity index is 1240. The first kappa shape index (κ1) is 32.5. The van der Waals surface area contributed by atoms with Crippen molar-refractivity contribution in [3.63, 3.8) is 0 Å². The minimum atomic E-state index is -1.22. The van der Waals surface area contributed by atoms with E-state index in [9.17, 15) is 29.7 Å². The number of nitrogens with one attached hydrogen (secondary N) is 1. The molecule has 4 N–H and O–H groups in total. The molecular weight excluding hydrogens is 643 g/mol. The number of methoxy groups -OCH3 is 1. The molecule has 0 fully saturated rings. The van der Waals surface area contributed by atoms with Crippen molar-refractivity contribution in [1.82, 2.24) is 10.2 Å². The number of rotatable bonds is 14. The molecule has 0 bridgehead atoms. The van der Waals surface area contributed by atoms with Gasteiger partial charge in [-0.05, 0) is 65.3 Å². The van der Waals surface area contributed by atoms with E-state index >= 15 is 0 Å². The first-order valence-electron chi connectivity index (χ1n) is 13.4. The number of aliphatic hydroxyl groups is 3.